The standard InChI is InChI=1S/C21H27NO5/c1-5-25-19-11-10-16(12-20(19)26-6-2)14-22-21(23)15(3)27-18-9-7-8-17(13-18)24-4/h7-13,15H,5-6,14H2,1-4H3,(H,22,23)/t15-/m0/s1. The summed E-state index contributed by atoms with van der Waals surface area (Å²) in [4.78, 5) is 12.3. The molecule has 0 aliphatic rings. The highest BCUT2D eigenvalue weighted by Crippen LogP contribution is 2.28. The largest absolute Gasteiger partial charge is 0.497 e. The van der Waals surface area contributed by atoms with Crippen LogP contribution in [0.1, 0.15) is 26.3 Å². The monoisotopic (exact) mass is 373 g/mol. The van der Waals surface area contributed by atoms with E-state index in [1.807, 2.05) is 44.2 Å². The van der Waals surface area contributed by atoms with E-state index in [0.717, 1.165) is 5.56 Å². The molecule has 0 spiro atoms. The summed E-state index contributed by atoms with van der Waals surface area (Å²) in [5.41, 5.74) is 0.920. The molecule has 1 amide bonds. The Hall–Kier alpha value is -2.89. The fourth-order valence-electron chi connectivity index (χ4n) is 2.47. The molecule has 6 nitrogen and oxygen atoms in total. The van der Waals surface area contributed by atoms with E-state index in [-0.39, 0.29) is 5.91 Å². The molecule has 0 unspecified atom stereocenters. The first kappa shape index (κ1) is 20.4. The van der Waals surface area contributed by atoms with Crippen LogP contribution in [0.25, 0.3) is 0 Å². The summed E-state index contributed by atoms with van der Waals surface area (Å²) in [5.74, 6) is 2.43. The molecule has 0 saturated carbocycles. The Kier molecular flexibility index (Phi) is 7.79. The van der Waals surface area contributed by atoms with Crippen LogP contribution >= 0.6 is 0 Å². The van der Waals surface area contributed by atoms with Gasteiger partial charge in [-0.15, -0.1) is 0 Å². The van der Waals surface area contributed by atoms with Crippen molar-refractivity contribution >= 4 is 5.91 Å². The summed E-state index contributed by atoms with van der Waals surface area (Å²) in [6.45, 7) is 7.03. The van der Waals surface area contributed by atoms with Crippen molar-refractivity contribution in [3.8, 4) is 23.0 Å². The van der Waals surface area contributed by atoms with Gasteiger partial charge in [0.05, 0.1) is 20.3 Å². The molecule has 0 radical (unpaired) electrons. The SMILES string of the molecule is CCOc1ccc(CNC(=O)[C@H](C)Oc2cccc(OC)c2)cc1OCC. The van der Waals surface area contributed by atoms with Gasteiger partial charge >= 0.3 is 0 Å². The topological polar surface area (TPSA) is 66.0 Å². The molecule has 0 aliphatic heterocycles. The van der Waals surface area contributed by atoms with Crippen LogP contribution in [0.3, 0.4) is 0 Å². The summed E-state index contributed by atoms with van der Waals surface area (Å²) in [6, 6.07) is 12.8. The van der Waals surface area contributed by atoms with Gasteiger partial charge < -0.3 is 24.3 Å². The normalized spacial score (nSPS) is 11.4. The van der Waals surface area contributed by atoms with Crippen molar-refractivity contribution < 1.29 is 23.7 Å². The Morgan fingerprint density at radius 3 is 2.41 bits per heavy atom. The van der Waals surface area contributed by atoms with Crippen LogP contribution in [-0.4, -0.2) is 32.3 Å². The molecule has 27 heavy (non-hydrogen) atoms. The van der Waals surface area contributed by atoms with Crippen molar-refractivity contribution in [1.82, 2.24) is 5.32 Å². The van der Waals surface area contributed by atoms with E-state index in [1.165, 1.54) is 0 Å². The van der Waals surface area contributed by atoms with Gasteiger partial charge in [-0.25, -0.2) is 0 Å². The van der Waals surface area contributed by atoms with E-state index in [9.17, 15) is 4.79 Å². The van der Waals surface area contributed by atoms with Gasteiger partial charge in [-0.3, -0.25) is 4.79 Å². The molecule has 2 rings (SSSR count). The predicted molar refractivity (Wildman–Crippen MR) is 104 cm³/mol. The summed E-state index contributed by atoms with van der Waals surface area (Å²) >= 11 is 0. The van der Waals surface area contributed by atoms with Crippen LogP contribution in [0.2, 0.25) is 0 Å². The number of hydrogen-bond donors (Lipinski definition) is 1. The fourth-order valence-corrected chi connectivity index (χ4v) is 2.47. The molecular weight excluding hydrogens is 346 g/mol. The van der Waals surface area contributed by atoms with Crippen LogP contribution < -0.4 is 24.3 Å². The minimum absolute atomic E-state index is 0.204. The molecular formula is C21H27NO5. The Labute approximate surface area is 160 Å². The van der Waals surface area contributed by atoms with E-state index >= 15 is 0 Å². The number of benzene rings is 2. The van der Waals surface area contributed by atoms with Crippen LogP contribution in [-0.2, 0) is 11.3 Å². The maximum atomic E-state index is 12.3. The van der Waals surface area contributed by atoms with Crippen molar-refractivity contribution in [2.24, 2.45) is 0 Å². The van der Waals surface area contributed by atoms with E-state index in [2.05, 4.69) is 5.32 Å². The van der Waals surface area contributed by atoms with Crippen molar-refractivity contribution in [2.75, 3.05) is 20.3 Å². The molecule has 2 aromatic rings. The highest BCUT2D eigenvalue weighted by molar-refractivity contribution is 5.80. The average molecular weight is 373 g/mol. The summed E-state index contributed by atoms with van der Waals surface area (Å²) in [6.07, 6.45) is -0.633. The molecule has 2 aromatic carbocycles. The second kappa shape index (κ2) is 10.3. The summed E-state index contributed by atoms with van der Waals surface area (Å²) in [7, 11) is 1.59. The van der Waals surface area contributed by atoms with Gasteiger partial charge in [-0.1, -0.05) is 12.1 Å². The molecule has 1 atom stereocenters. The first-order valence-electron chi connectivity index (χ1n) is 9.04. The van der Waals surface area contributed by atoms with Crippen LogP contribution in [0.5, 0.6) is 23.0 Å². The van der Waals surface area contributed by atoms with E-state index in [0.29, 0.717) is 42.8 Å². The van der Waals surface area contributed by atoms with Crippen LogP contribution in [0.4, 0.5) is 0 Å². The molecule has 0 aliphatic carbocycles. The number of hydrogen-bond acceptors (Lipinski definition) is 5. The van der Waals surface area contributed by atoms with Gasteiger partial charge in [-0.05, 0) is 50.6 Å². The van der Waals surface area contributed by atoms with Gasteiger partial charge in [0.2, 0.25) is 0 Å². The number of ether oxygens (including phenoxy) is 4. The van der Waals surface area contributed by atoms with Gasteiger partial charge in [0.25, 0.3) is 5.91 Å². The third kappa shape index (κ3) is 6.09. The third-order valence-electron chi connectivity index (χ3n) is 3.80. The van der Waals surface area contributed by atoms with Crippen molar-refractivity contribution in [3.63, 3.8) is 0 Å². The highest BCUT2D eigenvalue weighted by Gasteiger charge is 2.15. The second-order valence-electron chi connectivity index (χ2n) is 5.80. The van der Waals surface area contributed by atoms with E-state index in [1.54, 1.807) is 26.2 Å². The van der Waals surface area contributed by atoms with Gasteiger partial charge in [0, 0.05) is 12.6 Å². The Morgan fingerprint density at radius 2 is 1.70 bits per heavy atom. The minimum Gasteiger partial charge on any atom is -0.497 e. The molecule has 0 aromatic heterocycles. The van der Waals surface area contributed by atoms with Gasteiger partial charge in [0.1, 0.15) is 11.5 Å². The number of methoxy groups -OCH3 is 1. The van der Waals surface area contributed by atoms with Crippen LogP contribution in [0.15, 0.2) is 42.5 Å². The smallest absolute Gasteiger partial charge is 0.261 e. The zero-order valence-corrected chi connectivity index (χ0v) is 16.3. The number of carbonyl (C=O) groups is 1. The number of amides is 1. The number of nitrogens with one attached hydrogen (secondary N) is 1. The summed E-state index contributed by atoms with van der Waals surface area (Å²) < 4.78 is 22.0. The Morgan fingerprint density at radius 1 is 1.00 bits per heavy atom. The number of rotatable bonds is 10. The maximum absolute atomic E-state index is 12.3. The van der Waals surface area contributed by atoms with E-state index < -0.39 is 6.10 Å². The molecule has 0 bridgehead atoms. The molecule has 0 heterocycles. The predicted octanol–water partition coefficient (Wildman–Crippen LogP) is 3.58. The first-order valence-corrected chi connectivity index (χ1v) is 9.04. The van der Waals surface area contributed by atoms with Gasteiger partial charge in [-0.2, -0.15) is 0 Å². The van der Waals surface area contributed by atoms with Crippen molar-refractivity contribution in [2.45, 2.75) is 33.4 Å². The molecule has 6 heteroatoms. The lowest BCUT2D eigenvalue weighted by Crippen LogP contribution is -2.35. The second-order valence-corrected chi connectivity index (χ2v) is 5.80. The number of carbonyl (C=O) groups excluding carboxylic acids is 1. The lowest BCUT2D eigenvalue weighted by Gasteiger charge is -2.16. The molecule has 146 valence electrons. The quantitative estimate of drug-likeness (QED) is 0.690. The van der Waals surface area contributed by atoms with Crippen molar-refractivity contribution in [3.05, 3.63) is 48.0 Å². The Bertz CT molecular complexity index is 747. The minimum atomic E-state index is -0.633. The molecule has 0 fully saturated rings. The lowest BCUT2D eigenvalue weighted by atomic mass is 10.2. The zero-order chi connectivity index (χ0) is 19.6. The summed E-state index contributed by atoms with van der Waals surface area (Å²) in [5, 5.41) is 2.88. The van der Waals surface area contributed by atoms with Gasteiger partial charge in [0.15, 0.2) is 17.6 Å². The molecule has 1 N–H and O–H groups in total. The lowest BCUT2D eigenvalue weighted by molar-refractivity contribution is -0.127. The molecule has 0 saturated heterocycles. The Balaban J connectivity index is 1.94. The average Bonchev–Trinajstić information content (AvgIpc) is 2.68. The van der Waals surface area contributed by atoms with Crippen molar-refractivity contribution in [1.29, 1.82) is 0 Å². The fraction of sp³-hybridized carbons (Fsp3) is 0.381. The van der Waals surface area contributed by atoms with Crippen LogP contribution in [0, 0.1) is 0 Å². The zero-order valence-electron chi connectivity index (χ0n) is 16.3. The maximum Gasteiger partial charge on any atom is 0.261 e. The third-order valence-corrected chi connectivity index (χ3v) is 3.80. The highest BCUT2D eigenvalue weighted by atomic mass is 16.5. The first-order chi connectivity index (χ1) is 13.1. The van der Waals surface area contributed by atoms with E-state index in [4.69, 9.17) is 18.9 Å².